The van der Waals surface area contributed by atoms with Crippen LogP contribution < -0.4 is 15.4 Å². The Morgan fingerprint density at radius 2 is 1.96 bits per heavy atom. The lowest BCUT2D eigenvalue weighted by atomic mass is 10.3. The minimum Gasteiger partial charge on any atom is -0.495 e. The Hall–Kier alpha value is -3.02. The lowest BCUT2D eigenvalue weighted by molar-refractivity contribution is 0.252. The van der Waals surface area contributed by atoms with E-state index in [1.54, 1.807) is 19.2 Å². The second-order valence-electron chi connectivity index (χ2n) is 5.39. The van der Waals surface area contributed by atoms with E-state index in [9.17, 15) is 4.79 Å². The quantitative estimate of drug-likeness (QED) is 0.609. The molecule has 0 radical (unpaired) electrons. The number of carbonyl (C=O) groups is 1. The van der Waals surface area contributed by atoms with Gasteiger partial charge in [-0.25, -0.2) is 9.78 Å². The molecule has 0 bridgehead atoms. The Labute approximate surface area is 140 Å². The lowest BCUT2D eigenvalue weighted by Crippen LogP contribution is -2.29. The molecule has 24 heavy (non-hydrogen) atoms. The van der Waals surface area contributed by atoms with Gasteiger partial charge in [-0.3, -0.25) is 0 Å². The fourth-order valence-electron chi connectivity index (χ4n) is 2.50. The van der Waals surface area contributed by atoms with Gasteiger partial charge in [-0.05, 0) is 30.7 Å². The van der Waals surface area contributed by atoms with Crippen molar-refractivity contribution in [2.24, 2.45) is 0 Å². The van der Waals surface area contributed by atoms with Crippen molar-refractivity contribution in [2.45, 2.75) is 12.8 Å². The third kappa shape index (κ3) is 3.84. The van der Waals surface area contributed by atoms with Crippen LogP contribution in [0, 0.1) is 0 Å². The van der Waals surface area contributed by atoms with Crippen LogP contribution in [-0.4, -0.2) is 29.7 Å². The van der Waals surface area contributed by atoms with Gasteiger partial charge in [-0.2, -0.15) is 0 Å². The first-order chi connectivity index (χ1) is 11.8. The molecule has 0 aliphatic rings. The van der Waals surface area contributed by atoms with E-state index in [0.717, 1.165) is 29.7 Å². The van der Waals surface area contributed by atoms with Crippen molar-refractivity contribution in [2.75, 3.05) is 19.0 Å². The number of methoxy groups -OCH3 is 1. The number of nitrogens with one attached hydrogen (secondary N) is 3. The molecule has 0 unspecified atom stereocenters. The van der Waals surface area contributed by atoms with Crippen LogP contribution in [0.3, 0.4) is 0 Å². The molecule has 2 amide bonds. The van der Waals surface area contributed by atoms with Gasteiger partial charge in [0.15, 0.2) is 0 Å². The van der Waals surface area contributed by atoms with E-state index >= 15 is 0 Å². The van der Waals surface area contributed by atoms with E-state index in [0.29, 0.717) is 18.0 Å². The molecular weight excluding hydrogens is 304 g/mol. The molecule has 3 N–H and O–H groups in total. The maximum absolute atomic E-state index is 11.9. The minimum absolute atomic E-state index is 0.246. The number of H-pyrrole nitrogens is 1. The zero-order chi connectivity index (χ0) is 16.8. The smallest absolute Gasteiger partial charge is 0.319 e. The van der Waals surface area contributed by atoms with Crippen molar-refractivity contribution in [3.63, 3.8) is 0 Å². The largest absolute Gasteiger partial charge is 0.495 e. The first-order valence-corrected chi connectivity index (χ1v) is 7.88. The van der Waals surface area contributed by atoms with Crippen LogP contribution in [0.5, 0.6) is 5.75 Å². The van der Waals surface area contributed by atoms with Gasteiger partial charge >= 0.3 is 6.03 Å². The molecule has 0 fully saturated rings. The number of urea groups is 1. The molecule has 0 aliphatic carbocycles. The van der Waals surface area contributed by atoms with E-state index < -0.39 is 0 Å². The minimum atomic E-state index is -0.246. The SMILES string of the molecule is COc1ccccc1NC(=O)NCCCc1nc2ccccc2[nH]1. The number of benzene rings is 2. The third-order valence-electron chi connectivity index (χ3n) is 3.67. The third-order valence-corrected chi connectivity index (χ3v) is 3.67. The highest BCUT2D eigenvalue weighted by Crippen LogP contribution is 2.22. The number of para-hydroxylation sites is 4. The number of hydrogen-bond donors (Lipinski definition) is 3. The lowest BCUT2D eigenvalue weighted by Gasteiger charge is -2.10. The highest BCUT2D eigenvalue weighted by Gasteiger charge is 2.06. The van der Waals surface area contributed by atoms with Gasteiger partial charge < -0.3 is 20.4 Å². The summed E-state index contributed by atoms with van der Waals surface area (Å²) in [4.78, 5) is 19.7. The molecule has 6 nitrogen and oxygen atoms in total. The fraction of sp³-hybridized carbons (Fsp3) is 0.222. The van der Waals surface area contributed by atoms with Gasteiger partial charge in [0.25, 0.3) is 0 Å². The number of imidazole rings is 1. The topological polar surface area (TPSA) is 79.0 Å². The number of aromatic nitrogens is 2. The Morgan fingerprint density at radius 3 is 2.79 bits per heavy atom. The number of rotatable bonds is 6. The predicted molar refractivity (Wildman–Crippen MR) is 94.4 cm³/mol. The number of fused-ring (bicyclic) bond motifs is 1. The number of hydrogen-bond acceptors (Lipinski definition) is 3. The van der Waals surface area contributed by atoms with Crippen LogP contribution in [0.25, 0.3) is 11.0 Å². The van der Waals surface area contributed by atoms with E-state index in [-0.39, 0.29) is 6.03 Å². The maximum Gasteiger partial charge on any atom is 0.319 e. The van der Waals surface area contributed by atoms with Gasteiger partial charge in [0.2, 0.25) is 0 Å². The van der Waals surface area contributed by atoms with Crippen LogP contribution >= 0.6 is 0 Å². The number of ether oxygens (including phenoxy) is 1. The summed E-state index contributed by atoms with van der Waals surface area (Å²) in [6.07, 6.45) is 1.59. The molecule has 0 atom stereocenters. The summed E-state index contributed by atoms with van der Waals surface area (Å²) in [5.41, 5.74) is 2.65. The summed E-state index contributed by atoms with van der Waals surface area (Å²) in [5, 5.41) is 5.62. The molecule has 3 rings (SSSR count). The van der Waals surface area contributed by atoms with Crippen LogP contribution in [0.15, 0.2) is 48.5 Å². The van der Waals surface area contributed by atoms with Gasteiger partial charge in [-0.15, -0.1) is 0 Å². The van der Waals surface area contributed by atoms with Crippen molar-refractivity contribution in [3.05, 3.63) is 54.4 Å². The standard InChI is InChI=1S/C18H20N4O2/c1-24-16-10-5-4-9-15(16)22-18(23)19-12-6-11-17-20-13-7-2-3-8-14(13)21-17/h2-5,7-10H,6,11-12H2,1H3,(H,20,21)(H2,19,22,23). The molecule has 1 heterocycles. The summed E-state index contributed by atoms with van der Waals surface area (Å²) in [7, 11) is 1.58. The Bertz CT molecular complexity index is 796. The number of aromatic amines is 1. The monoisotopic (exact) mass is 324 g/mol. The number of aryl methyl sites for hydroxylation is 1. The van der Waals surface area contributed by atoms with Crippen LogP contribution in [-0.2, 0) is 6.42 Å². The molecule has 1 aromatic heterocycles. The summed E-state index contributed by atoms with van der Waals surface area (Å²) >= 11 is 0. The Balaban J connectivity index is 1.45. The molecule has 0 saturated carbocycles. The number of anilines is 1. The van der Waals surface area contributed by atoms with Crippen molar-refractivity contribution in [1.29, 1.82) is 0 Å². The average molecular weight is 324 g/mol. The van der Waals surface area contributed by atoms with Gasteiger partial charge in [0, 0.05) is 13.0 Å². The first kappa shape index (κ1) is 15.9. The first-order valence-electron chi connectivity index (χ1n) is 7.88. The molecule has 124 valence electrons. The molecule has 3 aromatic rings. The predicted octanol–water partition coefficient (Wildman–Crippen LogP) is 3.33. The maximum atomic E-state index is 11.9. The zero-order valence-electron chi connectivity index (χ0n) is 13.5. The highest BCUT2D eigenvalue weighted by molar-refractivity contribution is 5.90. The number of carbonyl (C=O) groups excluding carboxylic acids is 1. The summed E-state index contributed by atoms with van der Waals surface area (Å²) in [5.74, 6) is 1.57. The zero-order valence-corrected chi connectivity index (χ0v) is 13.5. The van der Waals surface area contributed by atoms with E-state index in [4.69, 9.17) is 4.74 Å². The Morgan fingerprint density at radius 1 is 1.17 bits per heavy atom. The summed E-state index contributed by atoms with van der Waals surface area (Å²) in [6, 6.07) is 15.0. The summed E-state index contributed by atoms with van der Waals surface area (Å²) in [6.45, 7) is 0.567. The second-order valence-corrected chi connectivity index (χ2v) is 5.39. The summed E-state index contributed by atoms with van der Waals surface area (Å²) < 4.78 is 5.20. The average Bonchev–Trinajstić information content (AvgIpc) is 3.02. The van der Waals surface area contributed by atoms with Crippen molar-refractivity contribution < 1.29 is 9.53 Å². The van der Waals surface area contributed by atoms with Crippen molar-refractivity contribution >= 4 is 22.8 Å². The molecule has 6 heteroatoms. The van der Waals surface area contributed by atoms with E-state index in [1.807, 2.05) is 36.4 Å². The van der Waals surface area contributed by atoms with E-state index in [1.165, 1.54) is 0 Å². The number of nitrogens with zero attached hydrogens (tertiary/aromatic N) is 1. The van der Waals surface area contributed by atoms with Crippen molar-refractivity contribution in [1.82, 2.24) is 15.3 Å². The normalized spacial score (nSPS) is 10.5. The van der Waals surface area contributed by atoms with Crippen molar-refractivity contribution in [3.8, 4) is 5.75 Å². The molecule has 0 aliphatic heterocycles. The van der Waals surface area contributed by atoms with Gasteiger partial charge in [0.1, 0.15) is 11.6 Å². The Kier molecular flexibility index (Phi) is 4.96. The fourth-order valence-corrected chi connectivity index (χ4v) is 2.50. The molecule has 2 aromatic carbocycles. The van der Waals surface area contributed by atoms with Crippen LogP contribution in [0.4, 0.5) is 10.5 Å². The van der Waals surface area contributed by atoms with Crippen LogP contribution in [0.1, 0.15) is 12.2 Å². The van der Waals surface area contributed by atoms with Gasteiger partial charge in [0.05, 0.1) is 23.8 Å². The highest BCUT2D eigenvalue weighted by atomic mass is 16.5. The second kappa shape index (κ2) is 7.50. The van der Waals surface area contributed by atoms with Crippen LogP contribution in [0.2, 0.25) is 0 Å². The molecule has 0 spiro atoms. The molecular formula is C18H20N4O2. The van der Waals surface area contributed by atoms with Gasteiger partial charge in [-0.1, -0.05) is 24.3 Å². The number of amides is 2. The van der Waals surface area contributed by atoms with E-state index in [2.05, 4.69) is 20.6 Å². The molecule has 0 saturated heterocycles.